The van der Waals surface area contributed by atoms with Gasteiger partial charge < -0.3 is 16.4 Å². The Labute approximate surface area is 109 Å². The quantitative estimate of drug-likeness (QED) is 0.647. The number of carbonyl (C=O) groups is 2. The Morgan fingerprint density at radius 1 is 1.28 bits per heavy atom. The van der Waals surface area contributed by atoms with Crippen LogP contribution in [0.25, 0.3) is 0 Å². The molecule has 1 saturated carbocycles. The second-order valence-corrected chi connectivity index (χ2v) is 5.21. The number of nitrogens with two attached hydrogens (primary N) is 1. The molecule has 0 aliphatic heterocycles. The summed E-state index contributed by atoms with van der Waals surface area (Å²) < 4.78 is 0. The Kier molecular flexibility index (Phi) is 6.12. The highest BCUT2D eigenvalue weighted by atomic mass is 16.2. The minimum atomic E-state index is -0.210. The van der Waals surface area contributed by atoms with E-state index in [-0.39, 0.29) is 23.8 Å². The van der Waals surface area contributed by atoms with Crippen molar-refractivity contribution in [2.75, 3.05) is 6.54 Å². The molecule has 2 amide bonds. The summed E-state index contributed by atoms with van der Waals surface area (Å²) in [5.74, 6) is -0.174. The summed E-state index contributed by atoms with van der Waals surface area (Å²) in [7, 11) is 0. The van der Waals surface area contributed by atoms with E-state index in [2.05, 4.69) is 24.5 Å². The van der Waals surface area contributed by atoms with E-state index in [0.29, 0.717) is 12.6 Å². The first-order valence-corrected chi connectivity index (χ1v) is 6.85. The van der Waals surface area contributed by atoms with E-state index in [1.807, 2.05) is 0 Å². The predicted molar refractivity (Wildman–Crippen MR) is 70.8 cm³/mol. The third kappa shape index (κ3) is 5.04. The number of rotatable bonds is 6. The van der Waals surface area contributed by atoms with Crippen LogP contribution in [0.15, 0.2) is 0 Å². The van der Waals surface area contributed by atoms with E-state index >= 15 is 0 Å². The Morgan fingerprint density at radius 3 is 2.39 bits per heavy atom. The Morgan fingerprint density at radius 2 is 1.89 bits per heavy atom. The SMILES string of the molecule is CCC(C)NCC(=O)NC1CCC(C(N)=O)CC1. The Bertz CT molecular complexity index is 286. The molecule has 0 aromatic rings. The van der Waals surface area contributed by atoms with Crippen molar-refractivity contribution in [3.8, 4) is 0 Å². The maximum absolute atomic E-state index is 11.7. The third-order valence-corrected chi connectivity index (χ3v) is 3.72. The number of hydrogen-bond donors (Lipinski definition) is 3. The molecule has 5 heteroatoms. The predicted octanol–water partition coefficient (Wildman–Crippen LogP) is 0.535. The summed E-state index contributed by atoms with van der Waals surface area (Å²) >= 11 is 0. The minimum Gasteiger partial charge on any atom is -0.369 e. The molecular formula is C13H25N3O2. The zero-order valence-corrected chi connectivity index (χ0v) is 11.4. The molecule has 0 aromatic heterocycles. The first-order valence-electron chi connectivity index (χ1n) is 6.85. The highest BCUT2D eigenvalue weighted by Gasteiger charge is 2.25. The van der Waals surface area contributed by atoms with Crippen molar-refractivity contribution in [3.63, 3.8) is 0 Å². The standard InChI is InChI=1S/C13H25N3O2/c1-3-9(2)15-8-12(17)16-11-6-4-10(5-7-11)13(14)18/h9-11,15H,3-8H2,1-2H3,(H2,14,18)(H,16,17). The van der Waals surface area contributed by atoms with Crippen LogP contribution in [0.5, 0.6) is 0 Å². The second-order valence-electron chi connectivity index (χ2n) is 5.21. The molecule has 18 heavy (non-hydrogen) atoms. The Balaban J connectivity index is 2.20. The molecule has 0 heterocycles. The van der Waals surface area contributed by atoms with Gasteiger partial charge in [-0.15, -0.1) is 0 Å². The van der Waals surface area contributed by atoms with Gasteiger partial charge in [-0.2, -0.15) is 0 Å². The number of hydrogen-bond acceptors (Lipinski definition) is 3. The van der Waals surface area contributed by atoms with Crippen molar-refractivity contribution in [2.45, 2.75) is 58.0 Å². The molecule has 1 fully saturated rings. The van der Waals surface area contributed by atoms with E-state index in [9.17, 15) is 9.59 Å². The molecule has 0 bridgehead atoms. The second kappa shape index (κ2) is 7.36. The number of nitrogens with one attached hydrogen (secondary N) is 2. The topological polar surface area (TPSA) is 84.2 Å². The van der Waals surface area contributed by atoms with Crippen molar-refractivity contribution in [1.29, 1.82) is 0 Å². The lowest BCUT2D eigenvalue weighted by atomic mass is 9.85. The monoisotopic (exact) mass is 255 g/mol. The van der Waals surface area contributed by atoms with E-state index in [0.717, 1.165) is 32.1 Å². The zero-order valence-electron chi connectivity index (χ0n) is 11.4. The summed E-state index contributed by atoms with van der Waals surface area (Å²) in [6.45, 7) is 4.51. The molecule has 0 saturated heterocycles. The average molecular weight is 255 g/mol. The molecule has 4 N–H and O–H groups in total. The van der Waals surface area contributed by atoms with E-state index in [1.165, 1.54) is 0 Å². The van der Waals surface area contributed by atoms with Crippen LogP contribution in [0.4, 0.5) is 0 Å². The highest BCUT2D eigenvalue weighted by molar-refractivity contribution is 5.78. The van der Waals surface area contributed by atoms with Gasteiger partial charge in [0.1, 0.15) is 0 Å². The lowest BCUT2D eigenvalue weighted by molar-refractivity contribution is -0.123. The van der Waals surface area contributed by atoms with Gasteiger partial charge in [0, 0.05) is 18.0 Å². The molecular weight excluding hydrogens is 230 g/mol. The summed E-state index contributed by atoms with van der Waals surface area (Å²) in [5, 5.41) is 6.17. The first kappa shape index (κ1) is 15.0. The molecule has 0 aromatic carbocycles. The number of carbonyl (C=O) groups excluding carboxylic acids is 2. The number of amides is 2. The fraction of sp³-hybridized carbons (Fsp3) is 0.846. The van der Waals surface area contributed by atoms with Gasteiger partial charge in [0.2, 0.25) is 11.8 Å². The van der Waals surface area contributed by atoms with Gasteiger partial charge in [0.05, 0.1) is 6.54 Å². The zero-order chi connectivity index (χ0) is 13.5. The highest BCUT2D eigenvalue weighted by Crippen LogP contribution is 2.23. The van der Waals surface area contributed by atoms with Crippen molar-refractivity contribution in [1.82, 2.24) is 10.6 Å². The third-order valence-electron chi connectivity index (χ3n) is 3.72. The largest absolute Gasteiger partial charge is 0.369 e. The van der Waals surface area contributed by atoms with Crippen LogP contribution in [-0.4, -0.2) is 30.4 Å². The average Bonchev–Trinajstić information content (AvgIpc) is 2.36. The van der Waals surface area contributed by atoms with Gasteiger partial charge in [-0.25, -0.2) is 0 Å². The molecule has 0 radical (unpaired) electrons. The van der Waals surface area contributed by atoms with Crippen LogP contribution in [0.1, 0.15) is 46.0 Å². The van der Waals surface area contributed by atoms with Crippen LogP contribution in [0.2, 0.25) is 0 Å². The molecule has 1 aliphatic carbocycles. The molecule has 1 atom stereocenters. The minimum absolute atomic E-state index is 0.00334. The van der Waals surface area contributed by atoms with Gasteiger partial charge in [-0.05, 0) is 39.0 Å². The normalized spacial score (nSPS) is 25.4. The summed E-state index contributed by atoms with van der Waals surface area (Å²) in [5.41, 5.74) is 5.27. The maximum atomic E-state index is 11.7. The van der Waals surface area contributed by atoms with Crippen molar-refractivity contribution >= 4 is 11.8 Å². The van der Waals surface area contributed by atoms with Crippen LogP contribution >= 0.6 is 0 Å². The number of primary amides is 1. The molecule has 1 rings (SSSR count). The molecule has 0 spiro atoms. The van der Waals surface area contributed by atoms with Gasteiger partial charge in [0.15, 0.2) is 0 Å². The van der Waals surface area contributed by atoms with Gasteiger partial charge in [0.25, 0.3) is 0 Å². The van der Waals surface area contributed by atoms with Crippen LogP contribution in [0, 0.1) is 5.92 Å². The smallest absolute Gasteiger partial charge is 0.234 e. The van der Waals surface area contributed by atoms with Crippen molar-refractivity contribution < 1.29 is 9.59 Å². The van der Waals surface area contributed by atoms with E-state index < -0.39 is 0 Å². The summed E-state index contributed by atoms with van der Waals surface area (Å²) in [6, 6.07) is 0.563. The van der Waals surface area contributed by atoms with Gasteiger partial charge in [-0.3, -0.25) is 9.59 Å². The van der Waals surface area contributed by atoms with Gasteiger partial charge >= 0.3 is 0 Å². The lowest BCUT2D eigenvalue weighted by Crippen LogP contribution is -2.44. The Hall–Kier alpha value is -1.10. The molecule has 1 aliphatic rings. The fourth-order valence-corrected chi connectivity index (χ4v) is 2.21. The van der Waals surface area contributed by atoms with Crippen LogP contribution in [0.3, 0.4) is 0 Å². The van der Waals surface area contributed by atoms with E-state index in [4.69, 9.17) is 5.73 Å². The van der Waals surface area contributed by atoms with E-state index in [1.54, 1.807) is 0 Å². The fourth-order valence-electron chi connectivity index (χ4n) is 2.21. The summed E-state index contributed by atoms with van der Waals surface area (Å²) in [4.78, 5) is 22.7. The molecule has 1 unspecified atom stereocenters. The van der Waals surface area contributed by atoms with Crippen LogP contribution < -0.4 is 16.4 Å². The van der Waals surface area contributed by atoms with Crippen molar-refractivity contribution in [2.24, 2.45) is 11.7 Å². The van der Waals surface area contributed by atoms with Gasteiger partial charge in [-0.1, -0.05) is 6.92 Å². The van der Waals surface area contributed by atoms with Crippen LogP contribution in [-0.2, 0) is 9.59 Å². The molecule has 104 valence electrons. The maximum Gasteiger partial charge on any atom is 0.234 e. The van der Waals surface area contributed by atoms with Crippen molar-refractivity contribution in [3.05, 3.63) is 0 Å². The summed E-state index contributed by atoms with van der Waals surface area (Å²) in [6.07, 6.45) is 4.29. The molecule has 5 nitrogen and oxygen atoms in total. The lowest BCUT2D eigenvalue weighted by Gasteiger charge is -2.27. The first-order chi connectivity index (χ1) is 8.52.